The molecule has 2 atom stereocenters. The van der Waals surface area contributed by atoms with Gasteiger partial charge in [-0.1, -0.05) is 0 Å². The number of aliphatic hydroxyl groups excluding tert-OH is 1. The lowest BCUT2D eigenvalue weighted by molar-refractivity contribution is -0.202. The van der Waals surface area contributed by atoms with Gasteiger partial charge in [0.1, 0.15) is 5.76 Å². The maximum atomic E-state index is 12.2. The second kappa shape index (κ2) is 5.89. The van der Waals surface area contributed by atoms with Crippen molar-refractivity contribution in [2.75, 3.05) is 20.2 Å². The molecule has 0 unspecified atom stereocenters. The fraction of sp³-hybridized carbons (Fsp3) is 0.733. The fourth-order valence-corrected chi connectivity index (χ4v) is 3.72. The number of aromatic amines is 1. The Morgan fingerprint density at radius 3 is 2.82 bits per heavy atom. The molecule has 2 aliphatic rings. The SMILES string of the molecule is CO[C@H]1C[C@@H](O)C12CCN(C(=O)CCc1cc(=O)[nH]o1)CC2. The van der Waals surface area contributed by atoms with Crippen LogP contribution < -0.4 is 5.56 Å². The number of methoxy groups -OCH3 is 1. The fourth-order valence-electron chi connectivity index (χ4n) is 3.72. The molecular weight excluding hydrogens is 288 g/mol. The van der Waals surface area contributed by atoms with Gasteiger partial charge in [-0.2, -0.15) is 5.16 Å². The number of amides is 1. The van der Waals surface area contributed by atoms with E-state index >= 15 is 0 Å². The van der Waals surface area contributed by atoms with Gasteiger partial charge in [0.15, 0.2) is 0 Å². The van der Waals surface area contributed by atoms with E-state index in [1.807, 2.05) is 4.90 Å². The van der Waals surface area contributed by atoms with E-state index in [-0.39, 0.29) is 29.1 Å². The number of aliphatic hydroxyl groups is 1. The topological polar surface area (TPSA) is 95.8 Å². The second-order valence-corrected chi connectivity index (χ2v) is 6.27. The van der Waals surface area contributed by atoms with E-state index in [1.165, 1.54) is 6.07 Å². The highest BCUT2D eigenvalue weighted by Gasteiger charge is 2.56. The molecule has 1 spiro atoms. The van der Waals surface area contributed by atoms with Crippen LogP contribution in [-0.4, -0.2) is 53.5 Å². The average Bonchev–Trinajstić information content (AvgIpc) is 2.95. The number of H-pyrrole nitrogens is 1. The molecule has 3 rings (SSSR count). The lowest BCUT2D eigenvalue weighted by Crippen LogP contribution is -2.62. The van der Waals surface area contributed by atoms with Gasteiger partial charge in [0.05, 0.1) is 12.2 Å². The van der Waals surface area contributed by atoms with Crippen molar-refractivity contribution in [3.8, 4) is 0 Å². The number of likely N-dealkylation sites (tertiary alicyclic amines) is 1. The first-order valence-corrected chi connectivity index (χ1v) is 7.71. The second-order valence-electron chi connectivity index (χ2n) is 6.27. The summed E-state index contributed by atoms with van der Waals surface area (Å²) in [6.07, 6.45) is 2.77. The van der Waals surface area contributed by atoms with E-state index in [1.54, 1.807) is 7.11 Å². The summed E-state index contributed by atoms with van der Waals surface area (Å²) in [7, 11) is 1.68. The Labute approximate surface area is 128 Å². The van der Waals surface area contributed by atoms with Crippen LogP contribution in [0.1, 0.15) is 31.4 Å². The molecule has 2 heterocycles. The number of hydrogen-bond acceptors (Lipinski definition) is 5. The zero-order valence-electron chi connectivity index (χ0n) is 12.7. The number of rotatable bonds is 4. The number of nitrogens with one attached hydrogen (secondary N) is 1. The molecule has 1 saturated heterocycles. The van der Waals surface area contributed by atoms with E-state index in [4.69, 9.17) is 9.26 Å². The van der Waals surface area contributed by atoms with Gasteiger partial charge in [0.2, 0.25) is 5.91 Å². The third-order valence-corrected chi connectivity index (χ3v) is 5.23. The van der Waals surface area contributed by atoms with Gasteiger partial charge in [-0.15, -0.1) is 0 Å². The number of aromatic nitrogens is 1. The Morgan fingerprint density at radius 1 is 1.55 bits per heavy atom. The highest BCUT2D eigenvalue weighted by Crippen LogP contribution is 2.50. The lowest BCUT2D eigenvalue weighted by atomic mass is 9.58. The normalized spacial score (nSPS) is 26.9. The first-order chi connectivity index (χ1) is 10.5. The summed E-state index contributed by atoms with van der Waals surface area (Å²) in [5.41, 5.74) is -0.453. The highest BCUT2D eigenvalue weighted by molar-refractivity contribution is 5.76. The summed E-state index contributed by atoms with van der Waals surface area (Å²) in [4.78, 5) is 25.0. The van der Waals surface area contributed by atoms with Crippen molar-refractivity contribution in [3.05, 3.63) is 22.2 Å². The van der Waals surface area contributed by atoms with Crippen LogP contribution in [0.25, 0.3) is 0 Å². The number of carbonyl (C=O) groups excluding carboxylic acids is 1. The predicted molar refractivity (Wildman–Crippen MR) is 77.3 cm³/mol. The van der Waals surface area contributed by atoms with Crippen LogP contribution >= 0.6 is 0 Å². The van der Waals surface area contributed by atoms with Crippen LogP contribution in [0.3, 0.4) is 0 Å². The maximum absolute atomic E-state index is 12.2. The Bertz CT molecular complexity index is 585. The van der Waals surface area contributed by atoms with Crippen molar-refractivity contribution in [2.45, 2.75) is 44.3 Å². The minimum atomic E-state index is -0.316. The monoisotopic (exact) mass is 310 g/mol. The largest absolute Gasteiger partial charge is 0.392 e. The molecule has 22 heavy (non-hydrogen) atoms. The van der Waals surface area contributed by atoms with Gasteiger partial charge in [0.25, 0.3) is 5.56 Å². The average molecular weight is 310 g/mol. The number of hydrogen-bond donors (Lipinski definition) is 2. The number of nitrogens with zero attached hydrogens (tertiary/aromatic N) is 1. The van der Waals surface area contributed by atoms with Gasteiger partial charge >= 0.3 is 0 Å². The Kier molecular flexibility index (Phi) is 4.10. The number of ether oxygens (including phenoxy) is 1. The molecule has 1 saturated carbocycles. The van der Waals surface area contributed by atoms with Crippen LogP contribution in [0.4, 0.5) is 0 Å². The number of piperidine rings is 1. The van der Waals surface area contributed by atoms with Crippen LogP contribution in [-0.2, 0) is 16.0 Å². The molecule has 1 aliphatic heterocycles. The van der Waals surface area contributed by atoms with Gasteiger partial charge in [-0.25, -0.2) is 0 Å². The molecule has 0 bridgehead atoms. The van der Waals surface area contributed by atoms with E-state index in [9.17, 15) is 14.7 Å². The standard InChI is InChI=1S/C15H22N2O5/c1-21-12-9-11(18)15(12)4-6-17(7-5-15)14(20)3-2-10-8-13(19)16-22-10/h8,11-12,18H,2-7,9H2,1H3,(H,16,19)/t11-,12+/m1/s1. The zero-order chi connectivity index (χ0) is 15.7. The minimum Gasteiger partial charge on any atom is -0.392 e. The zero-order valence-corrected chi connectivity index (χ0v) is 12.7. The summed E-state index contributed by atoms with van der Waals surface area (Å²) in [5, 5.41) is 12.3. The first-order valence-electron chi connectivity index (χ1n) is 7.71. The summed E-state index contributed by atoms with van der Waals surface area (Å²) < 4.78 is 10.4. The summed E-state index contributed by atoms with van der Waals surface area (Å²) in [5.74, 6) is 0.558. The molecule has 2 fully saturated rings. The molecule has 0 radical (unpaired) electrons. The molecule has 122 valence electrons. The van der Waals surface area contributed by atoms with Crippen molar-refractivity contribution in [1.82, 2.24) is 10.1 Å². The van der Waals surface area contributed by atoms with Crippen molar-refractivity contribution in [3.63, 3.8) is 0 Å². The Balaban J connectivity index is 1.50. The first kappa shape index (κ1) is 15.3. The molecule has 7 heteroatoms. The van der Waals surface area contributed by atoms with Crippen LogP contribution in [0.5, 0.6) is 0 Å². The van der Waals surface area contributed by atoms with Crippen molar-refractivity contribution in [2.24, 2.45) is 5.41 Å². The molecule has 0 aromatic carbocycles. The molecule has 1 amide bonds. The Hall–Kier alpha value is -1.60. The summed E-state index contributed by atoms with van der Waals surface area (Å²) in [6, 6.07) is 1.37. The number of aryl methyl sites for hydroxylation is 1. The van der Waals surface area contributed by atoms with E-state index in [0.29, 0.717) is 38.1 Å². The van der Waals surface area contributed by atoms with Crippen molar-refractivity contribution < 1.29 is 19.2 Å². The van der Waals surface area contributed by atoms with E-state index in [0.717, 1.165) is 12.8 Å². The molecule has 1 aliphatic carbocycles. The minimum absolute atomic E-state index is 0.0569. The van der Waals surface area contributed by atoms with Crippen LogP contribution in [0.2, 0.25) is 0 Å². The third kappa shape index (κ3) is 2.59. The molecule has 1 aromatic heterocycles. The van der Waals surface area contributed by atoms with Crippen LogP contribution in [0, 0.1) is 5.41 Å². The lowest BCUT2D eigenvalue weighted by Gasteiger charge is -2.56. The predicted octanol–water partition coefficient (Wildman–Crippen LogP) is 0.289. The molecular formula is C15H22N2O5. The van der Waals surface area contributed by atoms with Crippen molar-refractivity contribution in [1.29, 1.82) is 0 Å². The summed E-state index contributed by atoms with van der Waals surface area (Å²) >= 11 is 0. The van der Waals surface area contributed by atoms with Gasteiger partial charge in [-0.3, -0.25) is 9.59 Å². The maximum Gasteiger partial charge on any atom is 0.280 e. The summed E-state index contributed by atoms with van der Waals surface area (Å²) in [6.45, 7) is 1.29. The van der Waals surface area contributed by atoms with E-state index in [2.05, 4.69) is 5.16 Å². The quantitative estimate of drug-likeness (QED) is 0.833. The Morgan fingerprint density at radius 2 is 2.27 bits per heavy atom. The molecule has 7 nitrogen and oxygen atoms in total. The smallest absolute Gasteiger partial charge is 0.280 e. The van der Waals surface area contributed by atoms with Crippen LogP contribution in [0.15, 0.2) is 15.4 Å². The van der Waals surface area contributed by atoms with Crippen molar-refractivity contribution >= 4 is 5.91 Å². The van der Waals surface area contributed by atoms with Gasteiger partial charge in [0, 0.05) is 50.9 Å². The number of carbonyl (C=O) groups is 1. The molecule has 1 aromatic rings. The molecule has 2 N–H and O–H groups in total. The van der Waals surface area contributed by atoms with Gasteiger partial charge < -0.3 is 19.3 Å². The van der Waals surface area contributed by atoms with Gasteiger partial charge in [-0.05, 0) is 12.8 Å². The third-order valence-electron chi connectivity index (χ3n) is 5.23. The van der Waals surface area contributed by atoms with E-state index < -0.39 is 0 Å². The highest BCUT2D eigenvalue weighted by atomic mass is 16.5.